The first-order chi connectivity index (χ1) is 13.7. The minimum absolute atomic E-state index is 0.00618. The Balaban J connectivity index is 1.81. The SMILES string of the molecule is Cc1cc(C(=O)N2CCC3(CC2)C(=O)N(CCO)C(=O)N3CC(C)C)cc(C)n1. The summed E-state index contributed by atoms with van der Waals surface area (Å²) in [5, 5.41) is 9.28. The van der Waals surface area contributed by atoms with Crippen molar-refractivity contribution >= 4 is 17.8 Å². The molecule has 1 aromatic heterocycles. The molecule has 1 spiro atoms. The predicted molar refractivity (Wildman–Crippen MR) is 107 cm³/mol. The zero-order valence-electron chi connectivity index (χ0n) is 17.6. The highest BCUT2D eigenvalue weighted by atomic mass is 16.3. The van der Waals surface area contributed by atoms with Gasteiger partial charge in [0.15, 0.2) is 0 Å². The second-order valence-electron chi connectivity index (χ2n) is 8.43. The standard InChI is InChI=1S/C21H30N4O4/c1-14(2)13-25-20(29)24(9-10-26)19(28)21(25)5-7-23(8-6-21)18(27)17-11-15(3)22-16(4)12-17/h11-12,14,26H,5-10,13H2,1-4H3. The van der Waals surface area contributed by atoms with Gasteiger partial charge in [-0.25, -0.2) is 4.79 Å². The van der Waals surface area contributed by atoms with Crippen LogP contribution in [-0.2, 0) is 4.79 Å². The van der Waals surface area contributed by atoms with Crippen LogP contribution in [0, 0.1) is 19.8 Å². The lowest BCUT2D eigenvalue weighted by Crippen LogP contribution is -2.58. The number of piperidine rings is 1. The number of aryl methyl sites for hydroxylation is 2. The highest BCUT2D eigenvalue weighted by molar-refractivity contribution is 6.07. The number of imide groups is 1. The molecule has 1 aromatic rings. The van der Waals surface area contributed by atoms with E-state index in [4.69, 9.17) is 0 Å². The molecule has 2 aliphatic rings. The predicted octanol–water partition coefficient (Wildman–Crippen LogP) is 1.59. The molecule has 0 saturated carbocycles. The zero-order chi connectivity index (χ0) is 21.3. The van der Waals surface area contributed by atoms with E-state index in [1.807, 2.05) is 27.7 Å². The number of amides is 4. The average Bonchev–Trinajstić information content (AvgIpc) is 2.84. The summed E-state index contributed by atoms with van der Waals surface area (Å²) in [6, 6.07) is 3.22. The molecule has 2 aliphatic heterocycles. The molecule has 0 aliphatic carbocycles. The normalized spacial score (nSPS) is 19.0. The van der Waals surface area contributed by atoms with Gasteiger partial charge in [0, 0.05) is 36.6 Å². The number of aliphatic hydroxyl groups excluding tert-OH is 1. The van der Waals surface area contributed by atoms with Crippen LogP contribution in [0.1, 0.15) is 48.4 Å². The lowest BCUT2D eigenvalue weighted by molar-refractivity contribution is -0.135. The maximum Gasteiger partial charge on any atom is 0.327 e. The van der Waals surface area contributed by atoms with Crippen molar-refractivity contribution in [2.24, 2.45) is 5.92 Å². The quantitative estimate of drug-likeness (QED) is 0.755. The molecule has 2 fully saturated rings. The van der Waals surface area contributed by atoms with E-state index in [9.17, 15) is 19.5 Å². The number of aromatic nitrogens is 1. The van der Waals surface area contributed by atoms with Crippen molar-refractivity contribution in [2.45, 2.75) is 46.1 Å². The molecule has 8 nitrogen and oxygen atoms in total. The van der Waals surface area contributed by atoms with E-state index in [1.54, 1.807) is 21.9 Å². The second kappa shape index (κ2) is 8.10. The molecule has 8 heteroatoms. The van der Waals surface area contributed by atoms with Gasteiger partial charge in [-0.15, -0.1) is 0 Å². The summed E-state index contributed by atoms with van der Waals surface area (Å²) in [4.78, 5) is 47.9. The summed E-state index contributed by atoms with van der Waals surface area (Å²) in [6.45, 7) is 8.76. The first-order valence-electron chi connectivity index (χ1n) is 10.2. The van der Waals surface area contributed by atoms with Crippen molar-refractivity contribution in [3.63, 3.8) is 0 Å². The summed E-state index contributed by atoms with van der Waals surface area (Å²) in [5.74, 6) is -0.118. The van der Waals surface area contributed by atoms with Gasteiger partial charge in [-0.1, -0.05) is 13.8 Å². The van der Waals surface area contributed by atoms with Crippen LogP contribution in [0.4, 0.5) is 4.79 Å². The van der Waals surface area contributed by atoms with E-state index in [0.29, 0.717) is 38.0 Å². The van der Waals surface area contributed by atoms with Crippen molar-refractivity contribution in [1.82, 2.24) is 19.7 Å². The van der Waals surface area contributed by atoms with Gasteiger partial charge in [-0.05, 0) is 44.7 Å². The van der Waals surface area contributed by atoms with E-state index in [2.05, 4.69) is 4.98 Å². The number of hydrogen-bond donors (Lipinski definition) is 1. The van der Waals surface area contributed by atoms with E-state index in [1.165, 1.54) is 0 Å². The number of carbonyl (C=O) groups is 3. The molecular weight excluding hydrogens is 372 g/mol. The fraction of sp³-hybridized carbons (Fsp3) is 0.619. The summed E-state index contributed by atoms with van der Waals surface area (Å²) in [5.41, 5.74) is 1.26. The van der Waals surface area contributed by atoms with Crippen molar-refractivity contribution in [3.8, 4) is 0 Å². The molecule has 3 heterocycles. The van der Waals surface area contributed by atoms with Gasteiger partial charge in [-0.3, -0.25) is 19.5 Å². The van der Waals surface area contributed by atoms with E-state index >= 15 is 0 Å². The Kier molecular flexibility index (Phi) is 5.93. The molecule has 2 saturated heterocycles. The van der Waals surface area contributed by atoms with Gasteiger partial charge < -0.3 is 14.9 Å². The third-order valence-electron chi connectivity index (χ3n) is 5.70. The third kappa shape index (κ3) is 3.85. The number of carbonyl (C=O) groups excluding carboxylic acids is 3. The number of likely N-dealkylation sites (tertiary alicyclic amines) is 1. The first-order valence-corrected chi connectivity index (χ1v) is 10.2. The smallest absolute Gasteiger partial charge is 0.327 e. The first kappa shape index (κ1) is 21.2. The fourth-order valence-corrected chi connectivity index (χ4v) is 4.40. The van der Waals surface area contributed by atoms with Crippen LogP contribution in [0.2, 0.25) is 0 Å². The molecule has 0 bridgehead atoms. The number of hydrogen-bond acceptors (Lipinski definition) is 5. The zero-order valence-corrected chi connectivity index (χ0v) is 17.6. The summed E-state index contributed by atoms with van der Waals surface area (Å²) in [7, 11) is 0. The molecule has 0 aromatic carbocycles. The minimum atomic E-state index is -0.919. The number of rotatable bonds is 5. The molecule has 0 atom stereocenters. The number of urea groups is 1. The molecule has 3 rings (SSSR count). The maximum atomic E-state index is 13.2. The molecule has 0 unspecified atom stereocenters. The largest absolute Gasteiger partial charge is 0.395 e. The van der Waals surface area contributed by atoms with Gasteiger partial charge in [0.05, 0.1) is 13.2 Å². The summed E-state index contributed by atoms with van der Waals surface area (Å²) >= 11 is 0. The molecule has 158 valence electrons. The Hall–Kier alpha value is -2.48. The van der Waals surface area contributed by atoms with Crippen LogP contribution in [0.25, 0.3) is 0 Å². The average molecular weight is 402 g/mol. The van der Waals surface area contributed by atoms with Gasteiger partial charge >= 0.3 is 6.03 Å². The Morgan fingerprint density at radius 1 is 1.17 bits per heavy atom. The van der Waals surface area contributed by atoms with Crippen molar-refractivity contribution < 1.29 is 19.5 Å². The van der Waals surface area contributed by atoms with Crippen molar-refractivity contribution in [2.75, 3.05) is 32.8 Å². The van der Waals surface area contributed by atoms with E-state index in [-0.39, 0.29) is 36.9 Å². The van der Waals surface area contributed by atoms with E-state index in [0.717, 1.165) is 16.3 Å². The maximum absolute atomic E-state index is 13.2. The Labute approximate surface area is 171 Å². The van der Waals surface area contributed by atoms with Crippen LogP contribution in [-0.4, -0.2) is 81.0 Å². The Bertz CT molecular complexity index is 795. The van der Waals surface area contributed by atoms with Crippen LogP contribution in [0.3, 0.4) is 0 Å². The number of pyridine rings is 1. The van der Waals surface area contributed by atoms with Crippen molar-refractivity contribution in [3.05, 3.63) is 29.1 Å². The van der Waals surface area contributed by atoms with Crippen LogP contribution in [0.15, 0.2) is 12.1 Å². The Morgan fingerprint density at radius 2 is 1.76 bits per heavy atom. The molecular formula is C21H30N4O4. The molecule has 4 amide bonds. The highest BCUT2D eigenvalue weighted by Crippen LogP contribution is 2.38. The molecule has 1 N–H and O–H groups in total. The monoisotopic (exact) mass is 402 g/mol. The van der Waals surface area contributed by atoms with Gasteiger partial charge in [0.25, 0.3) is 11.8 Å². The van der Waals surface area contributed by atoms with Crippen LogP contribution >= 0.6 is 0 Å². The summed E-state index contributed by atoms with van der Waals surface area (Å²) < 4.78 is 0. The Morgan fingerprint density at radius 3 is 2.28 bits per heavy atom. The summed E-state index contributed by atoms with van der Waals surface area (Å²) in [6.07, 6.45) is 0.808. The second-order valence-corrected chi connectivity index (χ2v) is 8.43. The lowest BCUT2D eigenvalue weighted by Gasteiger charge is -2.42. The number of nitrogens with zero attached hydrogens (tertiary/aromatic N) is 4. The molecule has 29 heavy (non-hydrogen) atoms. The molecule has 0 radical (unpaired) electrons. The van der Waals surface area contributed by atoms with Crippen molar-refractivity contribution in [1.29, 1.82) is 0 Å². The third-order valence-corrected chi connectivity index (χ3v) is 5.70. The number of aliphatic hydroxyl groups is 1. The highest BCUT2D eigenvalue weighted by Gasteiger charge is 2.58. The van der Waals surface area contributed by atoms with Gasteiger partial charge in [0.1, 0.15) is 5.54 Å². The fourth-order valence-electron chi connectivity index (χ4n) is 4.40. The van der Waals surface area contributed by atoms with Crippen LogP contribution in [0.5, 0.6) is 0 Å². The van der Waals surface area contributed by atoms with Crippen LogP contribution < -0.4 is 0 Å². The lowest BCUT2D eigenvalue weighted by atomic mass is 9.85. The van der Waals surface area contributed by atoms with Gasteiger partial charge in [0.2, 0.25) is 0 Å². The van der Waals surface area contributed by atoms with E-state index < -0.39 is 5.54 Å². The van der Waals surface area contributed by atoms with Gasteiger partial charge in [-0.2, -0.15) is 0 Å². The number of β-amino-alcohol motifs (C(OH)–C–C–N with tert-alkyl or cyclic N) is 1. The minimum Gasteiger partial charge on any atom is -0.395 e. The topological polar surface area (TPSA) is 94.1 Å².